The van der Waals surface area contributed by atoms with Gasteiger partial charge in [0.25, 0.3) is 0 Å². The van der Waals surface area contributed by atoms with Crippen LogP contribution in [0.1, 0.15) is 0 Å². The molecule has 84 valence electrons. The van der Waals surface area contributed by atoms with Crippen LogP contribution in [0.2, 0.25) is 0 Å². The number of hydrogen-bond acceptors (Lipinski definition) is 4. The molecule has 2 aromatic carbocycles. The van der Waals surface area contributed by atoms with E-state index in [1.54, 1.807) is 25.3 Å². The van der Waals surface area contributed by atoms with Crippen molar-refractivity contribution in [3.05, 3.63) is 36.4 Å². The van der Waals surface area contributed by atoms with Gasteiger partial charge in [-0.1, -0.05) is 0 Å². The zero-order chi connectivity index (χ0) is 11.8. The lowest BCUT2D eigenvalue weighted by Crippen LogP contribution is -1.89. The van der Waals surface area contributed by atoms with Gasteiger partial charge in [-0.2, -0.15) is 0 Å². The van der Waals surface area contributed by atoms with E-state index < -0.39 is 0 Å². The predicted octanol–water partition coefficient (Wildman–Crippen LogP) is 2.50. The molecule has 0 radical (unpaired) electrons. The molecule has 0 saturated heterocycles. The van der Waals surface area contributed by atoms with Gasteiger partial charge in [0.2, 0.25) is 0 Å². The maximum atomic E-state index is 9.41. The number of phenols is 1. The van der Waals surface area contributed by atoms with Crippen molar-refractivity contribution in [2.45, 2.75) is 0 Å². The SMILES string of the molecule is COc1ccc2nc3ccc(O)cc3nc2c1. The molecule has 17 heavy (non-hydrogen) atoms. The van der Waals surface area contributed by atoms with Gasteiger partial charge >= 0.3 is 0 Å². The van der Waals surface area contributed by atoms with Gasteiger partial charge in [0.15, 0.2) is 0 Å². The van der Waals surface area contributed by atoms with E-state index >= 15 is 0 Å². The Hall–Kier alpha value is -2.36. The maximum Gasteiger partial charge on any atom is 0.121 e. The zero-order valence-corrected chi connectivity index (χ0v) is 9.21. The van der Waals surface area contributed by atoms with Crippen molar-refractivity contribution in [1.29, 1.82) is 0 Å². The Morgan fingerprint density at radius 1 is 0.882 bits per heavy atom. The van der Waals surface area contributed by atoms with E-state index in [0.29, 0.717) is 5.52 Å². The first-order chi connectivity index (χ1) is 8.26. The third-order valence-corrected chi connectivity index (χ3v) is 2.62. The van der Waals surface area contributed by atoms with Crippen molar-refractivity contribution < 1.29 is 9.84 Å². The van der Waals surface area contributed by atoms with E-state index in [4.69, 9.17) is 4.74 Å². The second-order valence-corrected chi connectivity index (χ2v) is 3.75. The van der Waals surface area contributed by atoms with Gasteiger partial charge < -0.3 is 9.84 Å². The molecule has 0 fully saturated rings. The van der Waals surface area contributed by atoms with Crippen LogP contribution in [0.4, 0.5) is 0 Å². The quantitative estimate of drug-likeness (QED) is 0.648. The summed E-state index contributed by atoms with van der Waals surface area (Å²) in [5.41, 5.74) is 3.00. The van der Waals surface area contributed by atoms with E-state index in [-0.39, 0.29) is 5.75 Å². The Morgan fingerprint density at radius 2 is 1.53 bits per heavy atom. The van der Waals surface area contributed by atoms with Gasteiger partial charge in [-0.05, 0) is 24.3 Å². The summed E-state index contributed by atoms with van der Waals surface area (Å²) in [5, 5.41) is 9.41. The van der Waals surface area contributed by atoms with E-state index in [0.717, 1.165) is 22.3 Å². The molecule has 0 bridgehead atoms. The van der Waals surface area contributed by atoms with Crippen molar-refractivity contribution in [1.82, 2.24) is 9.97 Å². The predicted molar refractivity (Wildman–Crippen MR) is 65.3 cm³/mol. The molecule has 0 atom stereocenters. The number of rotatable bonds is 1. The molecule has 0 aliphatic heterocycles. The third-order valence-electron chi connectivity index (χ3n) is 2.62. The van der Waals surface area contributed by atoms with Crippen LogP contribution < -0.4 is 4.74 Å². The number of ether oxygens (including phenoxy) is 1. The van der Waals surface area contributed by atoms with E-state index in [1.165, 1.54) is 0 Å². The van der Waals surface area contributed by atoms with Gasteiger partial charge in [-0.3, -0.25) is 0 Å². The van der Waals surface area contributed by atoms with Crippen molar-refractivity contribution in [2.75, 3.05) is 7.11 Å². The summed E-state index contributed by atoms with van der Waals surface area (Å²) in [6, 6.07) is 10.5. The molecule has 0 spiro atoms. The molecule has 0 unspecified atom stereocenters. The molecule has 3 aromatic rings. The van der Waals surface area contributed by atoms with Crippen LogP contribution in [0, 0.1) is 0 Å². The minimum Gasteiger partial charge on any atom is -0.508 e. The molecule has 0 saturated carbocycles. The number of fused-ring (bicyclic) bond motifs is 2. The fourth-order valence-electron chi connectivity index (χ4n) is 1.77. The van der Waals surface area contributed by atoms with Crippen LogP contribution in [0.25, 0.3) is 22.1 Å². The molecule has 3 rings (SSSR count). The first-order valence-electron chi connectivity index (χ1n) is 5.21. The molecule has 0 aliphatic rings. The molecular formula is C13H10N2O2. The minimum absolute atomic E-state index is 0.189. The monoisotopic (exact) mass is 226 g/mol. The highest BCUT2D eigenvalue weighted by atomic mass is 16.5. The molecule has 4 nitrogen and oxygen atoms in total. The first kappa shape index (κ1) is 9.84. The topological polar surface area (TPSA) is 55.2 Å². The second kappa shape index (κ2) is 3.59. The summed E-state index contributed by atoms with van der Waals surface area (Å²) in [6.07, 6.45) is 0. The van der Waals surface area contributed by atoms with Gasteiger partial charge in [0.1, 0.15) is 11.5 Å². The lowest BCUT2D eigenvalue weighted by Gasteiger charge is -2.03. The smallest absolute Gasteiger partial charge is 0.121 e. The van der Waals surface area contributed by atoms with Gasteiger partial charge in [0, 0.05) is 12.1 Å². The lowest BCUT2D eigenvalue weighted by atomic mass is 10.2. The van der Waals surface area contributed by atoms with Crippen LogP contribution in [0.3, 0.4) is 0 Å². The summed E-state index contributed by atoms with van der Waals surface area (Å²) >= 11 is 0. The molecule has 1 N–H and O–H groups in total. The number of hydrogen-bond donors (Lipinski definition) is 1. The summed E-state index contributed by atoms with van der Waals surface area (Å²) in [7, 11) is 1.61. The number of aromatic nitrogens is 2. The standard InChI is InChI=1S/C13H10N2O2/c1-17-9-3-5-11-13(7-9)15-12-6-8(16)2-4-10(12)14-11/h2-7,16H,1H3. The van der Waals surface area contributed by atoms with Gasteiger partial charge in [-0.15, -0.1) is 0 Å². The van der Waals surface area contributed by atoms with E-state index in [2.05, 4.69) is 9.97 Å². The Balaban J connectivity index is 2.36. The Bertz CT molecular complexity index is 710. The Kier molecular flexibility index (Phi) is 2.08. The van der Waals surface area contributed by atoms with E-state index in [1.807, 2.05) is 18.2 Å². The third kappa shape index (κ3) is 1.63. The Labute approximate surface area is 97.5 Å². The largest absolute Gasteiger partial charge is 0.508 e. The summed E-state index contributed by atoms with van der Waals surface area (Å²) < 4.78 is 5.14. The number of phenolic OH excluding ortho intramolecular Hbond substituents is 1. The zero-order valence-electron chi connectivity index (χ0n) is 9.21. The van der Waals surface area contributed by atoms with Gasteiger partial charge in [-0.25, -0.2) is 9.97 Å². The van der Waals surface area contributed by atoms with Crippen LogP contribution in [0.5, 0.6) is 11.5 Å². The fourth-order valence-corrected chi connectivity index (χ4v) is 1.77. The number of nitrogens with zero attached hydrogens (tertiary/aromatic N) is 2. The number of aromatic hydroxyl groups is 1. The highest BCUT2D eigenvalue weighted by Gasteiger charge is 2.03. The van der Waals surface area contributed by atoms with Crippen LogP contribution in [-0.2, 0) is 0 Å². The summed E-state index contributed by atoms with van der Waals surface area (Å²) in [6.45, 7) is 0. The van der Waals surface area contributed by atoms with Crippen LogP contribution in [0.15, 0.2) is 36.4 Å². The number of methoxy groups -OCH3 is 1. The van der Waals surface area contributed by atoms with Crippen molar-refractivity contribution in [2.24, 2.45) is 0 Å². The second-order valence-electron chi connectivity index (χ2n) is 3.75. The molecule has 1 heterocycles. The Morgan fingerprint density at radius 3 is 2.29 bits per heavy atom. The average Bonchev–Trinajstić information content (AvgIpc) is 2.35. The maximum absolute atomic E-state index is 9.41. The highest BCUT2D eigenvalue weighted by molar-refractivity contribution is 5.87. The van der Waals surface area contributed by atoms with Gasteiger partial charge in [0.05, 0.1) is 29.2 Å². The van der Waals surface area contributed by atoms with Crippen molar-refractivity contribution >= 4 is 22.1 Å². The van der Waals surface area contributed by atoms with E-state index in [9.17, 15) is 5.11 Å². The van der Waals surface area contributed by atoms with Crippen molar-refractivity contribution in [3.8, 4) is 11.5 Å². The first-order valence-corrected chi connectivity index (χ1v) is 5.21. The molecule has 0 aliphatic carbocycles. The summed E-state index contributed by atoms with van der Waals surface area (Å²) in [5.74, 6) is 0.931. The minimum atomic E-state index is 0.189. The van der Waals surface area contributed by atoms with Crippen LogP contribution in [-0.4, -0.2) is 22.2 Å². The average molecular weight is 226 g/mol. The van der Waals surface area contributed by atoms with Crippen LogP contribution >= 0.6 is 0 Å². The molecule has 0 amide bonds. The molecule has 1 aromatic heterocycles. The lowest BCUT2D eigenvalue weighted by molar-refractivity contribution is 0.415. The molecule has 4 heteroatoms. The highest BCUT2D eigenvalue weighted by Crippen LogP contribution is 2.22. The normalized spacial score (nSPS) is 10.9. The number of benzene rings is 2. The summed E-state index contributed by atoms with van der Waals surface area (Å²) in [4.78, 5) is 8.91. The molecular weight excluding hydrogens is 216 g/mol. The fraction of sp³-hybridized carbons (Fsp3) is 0.0769. The van der Waals surface area contributed by atoms with Crippen molar-refractivity contribution in [3.63, 3.8) is 0 Å².